The molecule has 0 amide bonds. The Morgan fingerprint density at radius 2 is 2.00 bits per heavy atom. The first-order chi connectivity index (χ1) is 8.85. The minimum absolute atomic E-state index is 0.0667. The van der Waals surface area contributed by atoms with Crippen molar-refractivity contribution in [2.24, 2.45) is 5.92 Å². The van der Waals surface area contributed by atoms with Crippen molar-refractivity contribution in [2.75, 3.05) is 19.6 Å². The summed E-state index contributed by atoms with van der Waals surface area (Å²) < 4.78 is 36.9. The molecule has 2 nitrogen and oxygen atoms in total. The molecular weight excluding hydrogens is 253 g/mol. The second-order valence-electron chi connectivity index (χ2n) is 6.28. The van der Waals surface area contributed by atoms with Crippen LogP contribution in [0.1, 0.15) is 46.0 Å². The molecule has 1 N–H and O–H groups in total. The minimum atomic E-state index is -4.02. The van der Waals surface area contributed by atoms with Gasteiger partial charge in [-0.05, 0) is 45.1 Å². The Balaban J connectivity index is 1.91. The summed E-state index contributed by atoms with van der Waals surface area (Å²) in [6, 6.07) is 0.428. The van der Waals surface area contributed by atoms with Crippen LogP contribution in [-0.4, -0.2) is 42.3 Å². The van der Waals surface area contributed by atoms with Crippen molar-refractivity contribution >= 4 is 0 Å². The van der Waals surface area contributed by atoms with Crippen molar-refractivity contribution in [3.63, 3.8) is 0 Å². The molecule has 1 aliphatic heterocycles. The van der Waals surface area contributed by atoms with Crippen molar-refractivity contribution in [3.05, 3.63) is 0 Å². The maximum atomic E-state index is 12.3. The highest BCUT2D eigenvalue weighted by atomic mass is 19.4. The Labute approximate surface area is 113 Å². The lowest BCUT2D eigenvalue weighted by molar-refractivity contribution is -0.137. The zero-order valence-electron chi connectivity index (χ0n) is 11.9. The van der Waals surface area contributed by atoms with E-state index in [1.165, 1.54) is 12.8 Å². The second-order valence-corrected chi connectivity index (χ2v) is 6.28. The summed E-state index contributed by atoms with van der Waals surface area (Å²) in [4.78, 5) is 2.32. The van der Waals surface area contributed by atoms with Gasteiger partial charge in [0.1, 0.15) is 0 Å². The number of alkyl halides is 3. The van der Waals surface area contributed by atoms with Crippen LogP contribution in [0.4, 0.5) is 13.2 Å². The summed E-state index contributed by atoms with van der Waals surface area (Å²) in [7, 11) is 0. The molecule has 112 valence electrons. The molecule has 19 heavy (non-hydrogen) atoms. The molecule has 1 saturated heterocycles. The fraction of sp³-hybridized carbons (Fsp3) is 1.00. The normalized spacial score (nSPS) is 33.6. The smallest absolute Gasteiger partial charge is 0.311 e. The molecule has 2 rings (SSSR count). The van der Waals surface area contributed by atoms with Crippen molar-refractivity contribution in [3.8, 4) is 0 Å². The van der Waals surface area contributed by atoms with Crippen LogP contribution in [0, 0.1) is 5.92 Å². The van der Waals surface area contributed by atoms with E-state index in [0.717, 1.165) is 19.5 Å². The molecular formula is C14H25F3N2. The third-order valence-electron chi connectivity index (χ3n) is 4.75. The summed E-state index contributed by atoms with van der Waals surface area (Å²) in [5, 5.41) is 3.55. The van der Waals surface area contributed by atoms with Gasteiger partial charge in [0.25, 0.3) is 0 Å². The van der Waals surface area contributed by atoms with Crippen LogP contribution in [-0.2, 0) is 0 Å². The van der Waals surface area contributed by atoms with Gasteiger partial charge in [0.15, 0.2) is 0 Å². The molecule has 0 bridgehead atoms. The number of nitrogens with one attached hydrogen (secondary N) is 1. The largest absolute Gasteiger partial charge is 0.389 e. The molecule has 0 radical (unpaired) electrons. The summed E-state index contributed by atoms with van der Waals surface area (Å²) in [5.41, 5.74) is 0.0667. The van der Waals surface area contributed by atoms with Crippen LogP contribution in [0.5, 0.6) is 0 Å². The Bertz CT molecular complexity index is 302. The highest BCUT2D eigenvalue weighted by Gasteiger charge is 2.47. The van der Waals surface area contributed by atoms with Crippen molar-refractivity contribution in [1.82, 2.24) is 10.2 Å². The Morgan fingerprint density at radius 1 is 1.32 bits per heavy atom. The first-order valence-electron chi connectivity index (χ1n) is 7.40. The van der Waals surface area contributed by atoms with Gasteiger partial charge in [0.2, 0.25) is 0 Å². The SMILES string of the molecule is CCC1CN(CCCC(F)(F)F)C(C)(C2CC2)CN1. The first kappa shape index (κ1) is 15.1. The van der Waals surface area contributed by atoms with E-state index in [2.05, 4.69) is 24.1 Å². The van der Waals surface area contributed by atoms with Crippen LogP contribution in [0.15, 0.2) is 0 Å². The predicted molar refractivity (Wildman–Crippen MR) is 70.1 cm³/mol. The van der Waals surface area contributed by atoms with Gasteiger partial charge in [-0.1, -0.05) is 6.92 Å². The molecule has 0 aromatic rings. The zero-order chi connectivity index (χ0) is 14.1. The van der Waals surface area contributed by atoms with E-state index in [9.17, 15) is 13.2 Å². The van der Waals surface area contributed by atoms with Crippen LogP contribution in [0.2, 0.25) is 0 Å². The molecule has 2 unspecified atom stereocenters. The highest BCUT2D eigenvalue weighted by molar-refractivity contribution is 5.04. The van der Waals surface area contributed by atoms with Crippen LogP contribution in [0.3, 0.4) is 0 Å². The van der Waals surface area contributed by atoms with Crippen LogP contribution in [0.25, 0.3) is 0 Å². The van der Waals surface area contributed by atoms with Gasteiger partial charge in [0.05, 0.1) is 0 Å². The molecule has 5 heteroatoms. The number of piperazine rings is 1. The number of rotatable bonds is 5. The van der Waals surface area contributed by atoms with Gasteiger partial charge in [-0.3, -0.25) is 4.90 Å². The maximum absolute atomic E-state index is 12.3. The fourth-order valence-corrected chi connectivity index (χ4v) is 3.20. The molecule has 2 atom stereocenters. The van der Waals surface area contributed by atoms with E-state index in [0.29, 0.717) is 18.5 Å². The maximum Gasteiger partial charge on any atom is 0.389 e. The molecule has 1 aliphatic carbocycles. The highest BCUT2D eigenvalue weighted by Crippen LogP contribution is 2.44. The lowest BCUT2D eigenvalue weighted by atomic mass is 9.89. The predicted octanol–water partition coefficient (Wildman–Crippen LogP) is 3.18. The molecule has 0 aromatic carbocycles. The van der Waals surface area contributed by atoms with E-state index in [-0.39, 0.29) is 12.0 Å². The zero-order valence-corrected chi connectivity index (χ0v) is 11.9. The molecule has 2 fully saturated rings. The van der Waals surface area contributed by atoms with E-state index < -0.39 is 12.6 Å². The molecule has 1 saturated carbocycles. The van der Waals surface area contributed by atoms with Crippen LogP contribution < -0.4 is 5.32 Å². The quantitative estimate of drug-likeness (QED) is 0.831. The average Bonchev–Trinajstić information content (AvgIpc) is 3.14. The molecule has 0 spiro atoms. The topological polar surface area (TPSA) is 15.3 Å². The van der Waals surface area contributed by atoms with Crippen molar-refractivity contribution in [2.45, 2.75) is 63.7 Å². The van der Waals surface area contributed by atoms with Crippen molar-refractivity contribution in [1.29, 1.82) is 0 Å². The standard InChI is InChI=1S/C14H25F3N2/c1-3-12-9-19(8-4-7-14(15,16)17)13(2,10-18-12)11-5-6-11/h11-12,18H,3-10H2,1-2H3. The van der Waals surface area contributed by atoms with E-state index in [4.69, 9.17) is 0 Å². The molecule has 0 aromatic heterocycles. The Morgan fingerprint density at radius 3 is 2.53 bits per heavy atom. The third-order valence-corrected chi connectivity index (χ3v) is 4.75. The number of nitrogens with zero attached hydrogens (tertiary/aromatic N) is 1. The minimum Gasteiger partial charge on any atom is -0.311 e. The van der Waals surface area contributed by atoms with Crippen LogP contribution >= 0.6 is 0 Å². The van der Waals surface area contributed by atoms with Gasteiger partial charge in [-0.15, -0.1) is 0 Å². The summed E-state index contributed by atoms with van der Waals surface area (Å²) in [5.74, 6) is 0.670. The Kier molecular flexibility index (Phi) is 4.45. The lowest BCUT2D eigenvalue weighted by Crippen LogP contribution is -2.64. The van der Waals surface area contributed by atoms with E-state index >= 15 is 0 Å². The summed E-state index contributed by atoms with van der Waals surface area (Å²) >= 11 is 0. The van der Waals surface area contributed by atoms with Gasteiger partial charge in [0, 0.05) is 31.1 Å². The van der Waals surface area contributed by atoms with Gasteiger partial charge in [-0.2, -0.15) is 13.2 Å². The number of hydrogen-bond donors (Lipinski definition) is 1. The van der Waals surface area contributed by atoms with Gasteiger partial charge < -0.3 is 5.32 Å². The van der Waals surface area contributed by atoms with Crippen molar-refractivity contribution < 1.29 is 13.2 Å². The average molecular weight is 278 g/mol. The molecule has 1 heterocycles. The van der Waals surface area contributed by atoms with E-state index in [1.54, 1.807) is 0 Å². The number of hydrogen-bond acceptors (Lipinski definition) is 2. The van der Waals surface area contributed by atoms with Gasteiger partial charge in [-0.25, -0.2) is 0 Å². The Hall–Kier alpha value is -0.290. The fourth-order valence-electron chi connectivity index (χ4n) is 3.20. The summed E-state index contributed by atoms with van der Waals surface area (Å²) in [6.45, 7) is 6.73. The summed E-state index contributed by atoms with van der Waals surface area (Å²) in [6.07, 6.45) is -0.961. The third kappa shape index (κ3) is 3.85. The second kappa shape index (κ2) is 5.60. The first-order valence-corrected chi connectivity index (χ1v) is 7.40. The lowest BCUT2D eigenvalue weighted by Gasteiger charge is -2.49. The molecule has 2 aliphatic rings. The number of halogens is 3. The van der Waals surface area contributed by atoms with E-state index in [1.807, 2.05) is 0 Å². The monoisotopic (exact) mass is 278 g/mol. The van der Waals surface area contributed by atoms with Gasteiger partial charge >= 0.3 is 6.18 Å².